The minimum absolute atomic E-state index is 0.0534. The van der Waals surface area contributed by atoms with Crippen molar-refractivity contribution < 1.29 is 14.3 Å². The Morgan fingerprint density at radius 1 is 1.12 bits per heavy atom. The van der Waals surface area contributed by atoms with E-state index in [1.165, 1.54) is 4.90 Å². The first-order valence-corrected chi connectivity index (χ1v) is 12.0. The van der Waals surface area contributed by atoms with Crippen LogP contribution in [0.5, 0.6) is 5.75 Å². The van der Waals surface area contributed by atoms with E-state index in [4.69, 9.17) is 27.9 Å². The van der Waals surface area contributed by atoms with Crippen molar-refractivity contribution in [3.05, 3.63) is 61.5 Å². The summed E-state index contributed by atoms with van der Waals surface area (Å²) >= 11 is 16.2. The predicted molar refractivity (Wildman–Crippen MR) is 133 cm³/mol. The zero-order valence-electron chi connectivity index (χ0n) is 19.0. The molecule has 0 aliphatic heterocycles. The quantitative estimate of drug-likeness (QED) is 0.416. The summed E-state index contributed by atoms with van der Waals surface area (Å²) in [5, 5.41) is 3.77. The highest BCUT2D eigenvalue weighted by Gasteiger charge is 2.30. The van der Waals surface area contributed by atoms with Crippen LogP contribution in [0.15, 0.2) is 34.8 Å². The molecule has 0 unspecified atom stereocenters. The number of benzene rings is 2. The predicted octanol–water partition coefficient (Wildman–Crippen LogP) is 6.08. The normalized spacial score (nSPS) is 11.9. The third-order valence-electron chi connectivity index (χ3n) is 4.98. The van der Waals surface area contributed by atoms with Crippen molar-refractivity contribution in [2.75, 3.05) is 6.61 Å². The highest BCUT2D eigenvalue weighted by molar-refractivity contribution is 9.10. The number of carbonyl (C=O) groups excluding carboxylic acids is 2. The molecule has 0 radical (unpaired) electrons. The maximum atomic E-state index is 13.3. The van der Waals surface area contributed by atoms with E-state index in [0.717, 1.165) is 15.6 Å². The second kappa shape index (κ2) is 11.9. The smallest absolute Gasteiger partial charge is 0.261 e. The lowest BCUT2D eigenvalue weighted by Gasteiger charge is -2.31. The summed E-state index contributed by atoms with van der Waals surface area (Å²) in [6.07, 6.45) is 0.433. The molecule has 0 saturated heterocycles. The van der Waals surface area contributed by atoms with Crippen LogP contribution in [0.25, 0.3) is 0 Å². The molecule has 0 spiro atoms. The second-order valence-corrected chi connectivity index (χ2v) is 9.58. The van der Waals surface area contributed by atoms with Gasteiger partial charge in [-0.1, -0.05) is 52.1 Å². The van der Waals surface area contributed by atoms with Crippen molar-refractivity contribution in [3.8, 4) is 5.75 Å². The van der Waals surface area contributed by atoms with Crippen LogP contribution in [0.3, 0.4) is 0 Å². The van der Waals surface area contributed by atoms with Gasteiger partial charge in [-0.05, 0) is 69.5 Å². The SMILES string of the molecule is CC[C@@H](C(=O)NC(C)C)N(Cc1c(Cl)cccc1Cl)C(=O)COc1cc(C)c(Br)c(C)c1. The molecule has 0 aliphatic carbocycles. The molecule has 0 aliphatic rings. The number of nitrogens with one attached hydrogen (secondary N) is 1. The molecule has 0 fully saturated rings. The fourth-order valence-corrected chi connectivity index (χ4v) is 4.12. The van der Waals surface area contributed by atoms with E-state index in [2.05, 4.69) is 21.2 Å². The monoisotopic (exact) mass is 542 g/mol. The van der Waals surface area contributed by atoms with Gasteiger partial charge < -0.3 is 15.0 Å². The lowest BCUT2D eigenvalue weighted by Crippen LogP contribution is -2.51. The summed E-state index contributed by atoms with van der Waals surface area (Å²) in [5.74, 6) is 0.0336. The summed E-state index contributed by atoms with van der Waals surface area (Å²) in [5.41, 5.74) is 2.61. The highest BCUT2D eigenvalue weighted by atomic mass is 79.9. The van der Waals surface area contributed by atoms with E-state index in [-0.39, 0.29) is 31.0 Å². The second-order valence-electron chi connectivity index (χ2n) is 7.97. The first-order chi connectivity index (χ1) is 15.0. The van der Waals surface area contributed by atoms with Crippen LogP contribution in [0.1, 0.15) is 43.9 Å². The largest absolute Gasteiger partial charge is 0.484 e. The standard InChI is InChI=1S/C24H29BrCl2N2O3/c1-6-21(24(31)28-14(2)3)29(12-18-19(26)8-7-9-20(18)27)22(30)13-32-17-10-15(4)23(25)16(5)11-17/h7-11,14,21H,6,12-13H2,1-5H3,(H,28,31)/t21-/m0/s1. The summed E-state index contributed by atoms with van der Waals surface area (Å²) in [6, 6.07) is 8.15. The lowest BCUT2D eigenvalue weighted by molar-refractivity contribution is -0.143. The van der Waals surface area contributed by atoms with Crippen LogP contribution in [0.2, 0.25) is 10.0 Å². The van der Waals surface area contributed by atoms with Gasteiger partial charge in [0.1, 0.15) is 11.8 Å². The van der Waals surface area contributed by atoms with E-state index in [9.17, 15) is 9.59 Å². The molecule has 1 atom stereocenters. The average molecular weight is 544 g/mol. The van der Waals surface area contributed by atoms with Crippen molar-refractivity contribution >= 4 is 50.9 Å². The van der Waals surface area contributed by atoms with Crippen LogP contribution < -0.4 is 10.1 Å². The number of hydrogen-bond acceptors (Lipinski definition) is 3. The Morgan fingerprint density at radius 3 is 2.19 bits per heavy atom. The van der Waals surface area contributed by atoms with Crippen LogP contribution in [-0.2, 0) is 16.1 Å². The molecule has 8 heteroatoms. The molecule has 1 N–H and O–H groups in total. The van der Waals surface area contributed by atoms with E-state index in [1.54, 1.807) is 18.2 Å². The minimum atomic E-state index is -0.686. The van der Waals surface area contributed by atoms with Crippen LogP contribution in [0.4, 0.5) is 0 Å². The molecule has 174 valence electrons. The summed E-state index contributed by atoms with van der Waals surface area (Å²) in [7, 11) is 0. The highest BCUT2D eigenvalue weighted by Crippen LogP contribution is 2.28. The summed E-state index contributed by atoms with van der Waals surface area (Å²) < 4.78 is 6.81. The van der Waals surface area contributed by atoms with Crippen molar-refractivity contribution in [1.29, 1.82) is 0 Å². The molecular formula is C24H29BrCl2N2O3. The number of hydrogen-bond donors (Lipinski definition) is 1. The first-order valence-electron chi connectivity index (χ1n) is 10.5. The minimum Gasteiger partial charge on any atom is -0.484 e. The van der Waals surface area contributed by atoms with Crippen LogP contribution in [-0.4, -0.2) is 35.4 Å². The number of carbonyl (C=O) groups is 2. The van der Waals surface area contributed by atoms with Gasteiger partial charge in [-0.2, -0.15) is 0 Å². The maximum absolute atomic E-state index is 13.3. The van der Waals surface area contributed by atoms with E-state index < -0.39 is 6.04 Å². The molecule has 2 amide bonds. The van der Waals surface area contributed by atoms with E-state index in [0.29, 0.717) is 27.8 Å². The molecule has 32 heavy (non-hydrogen) atoms. The van der Waals surface area contributed by atoms with Gasteiger partial charge >= 0.3 is 0 Å². The number of aryl methyl sites for hydroxylation is 2. The molecule has 0 bridgehead atoms. The Kier molecular flexibility index (Phi) is 9.86. The summed E-state index contributed by atoms with van der Waals surface area (Å²) in [4.78, 5) is 27.7. The van der Waals surface area contributed by atoms with Gasteiger partial charge in [0.2, 0.25) is 5.91 Å². The Bertz CT molecular complexity index is 938. The number of nitrogens with zero attached hydrogens (tertiary/aromatic N) is 1. The van der Waals surface area contributed by atoms with E-state index in [1.807, 2.05) is 46.8 Å². The zero-order chi connectivity index (χ0) is 24.0. The Morgan fingerprint density at radius 2 is 1.69 bits per heavy atom. The van der Waals surface area contributed by atoms with Gasteiger partial charge in [-0.25, -0.2) is 0 Å². The fraction of sp³-hybridized carbons (Fsp3) is 0.417. The molecule has 2 aromatic carbocycles. The topological polar surface area (TPSA) is 58.6 Å². The van der Waals surface area contributed by atoms with Gasteiger partial charge in [0, 0.05) is 32.7 Å². The van der Waals surface area contributed by atoms with Gasteiger partial charge in [0.15, 0.2) is 6.61 Å². The Balaban J connectivity index is 2.31. The number of halogens is 3. The third kappa shape index (κ3) is 6.87. The molecule has 2 aromatic rings. The van der Waals surface area contributed by atoms with Gasteiger partial charge in [-0.15, -0.1) is 0 Å². The van der Waals surface area contributed by atoms with Gasteiger partial charge in [0.25, 0.3) is 5.91 Å². The number of amides is 2. The van der Waals surface area contributed by atoms with Crippen LogP contribution in [0, 0.1) is 13.8 Å². The molecule has 2 rings (SSSR count). The Labute approximate surface area is 208 Å². The molecule has 0 heterocycles. The fourth-order valence-electron chi connectivity index (χ4n) is 3.37. The number of rotatable bonds is 9. The average Bonchev–Trinajstić information content (AvgIpc) is 2.71. The van der Waals surface area contributed by atoms with Crippen molar-refractivity contribution in [2.24, 2.45) is 0 Å². The molecule has 0 saturated carbocycles. The van der Waals surface area contributed by atoms with Crippen molar-refractivity contribution in [3.63, 3.8) is 0 Å². The molecule has 0 aromatic heterocycles. The Hall–Kier alpha value is -1.76. The molecule has 5 nitrogen and oxygen atoms in total. The zero-order valence-corrected chi connectivity index (χ0v) is 22.1. The van der Waals surface area contributed by atoms with Crippen LogP contribution >= 0.6 is 39.1 Å². The first kappa shape index (κ1) is 26.5. The molecular weight excluding hydrogens is 515 g/mol. The van der Waals surface area contributed by atoms with Gasteiger partial charge in [0.05, 0.1) is 0 Å². The lowest BCUT2D eigenvalue weighted by atomic mass is 10.1. The third-order valence-corrected chi connectivity index (χ3v) is 6.94. The van der Waals surface area contributed by atoms with Crippen molar-refractivity contribution in [1.82, 2.24) is 10.2 Å². The van der Waals surface area contributed by atoms with Gasteiger partial charge in [-0.3, -0.25) is 9.59 Å². The van der Waals surface area contributed by atoms with Crippen molar-refractivity contribution in [2.45, 2.75) is 59.7 Å². The van der Waals surface area contributed by atoms with E-state index >= 15 is 0 Å². The number of ether oxygens (including phenoxy) is 1. The maximum Gasteiger partial charge on any atom is 0.261 e. The summed E-state index contributed by atoms with van der Waals surface area (Å²) in [6.45, 7) is 9.42.